The van der Waals surface area contributed by atoms with E-state index in [9.17, 15) is 9.59 Å². The lowest BCUT2D eigenvalue weighted by Crippen LogP contribution is -2.27. The van der Waals surface area contributed by atoms with Crippen LogP contribution in [0.15, 0.2) is 64.5 Å². The topological polar surface area (TPSA) is 72.5 Å². The van der Waals surface area contributed by atoms with E-state index in [1.165, 1.54) is 16.6 Å². The smallest absolute Gasteiger partial charge is 0.268 e. The van der Waals surface area contributed by atoms with E-state index in [-0.39, 0.29) is 17.1 Å². The minimum atomic E-state index is -0.0815. The summed E-state index contributed by atoms with van der Waals surface area (Å²) >= 11 is 8.90. The van der Waals surface area contributed by atoms with Gasteiger partial charge < -0.3 is 4.90 Å². The van der Waals surface area contributed by atoms with Gasteiger partial charge in [-0.2, -0.15) is 0 Å². The summed E-state index contributed by atoms with van der Waals surface area (Å²) in [5, 5.41) is 10.7. The Hall–Kier alpha value is -2.98. The number of carbonyl (C=O) groups excluding carboxylic acids is 1. The Balaban J connectivity index is 1.52. The van der Waals surface area contributed by atoms with Crippen molar-refractivity contribution in [1.82, 2.24) is 24.1 Å². The average molecular weight is 522 g/mol. The first-order valence-electron chi connectivity index (χ1n) is 11.1. The highest BCUT2D eigenvalue weighted by atomic mass is 35.5. The first kappa shape index (κ1) is 22.5. The Labute approximate surface area is 214 Å². The molecule has 3 aromatic heterocycles. The molecule has 1 aliphatic rings. The van der Waals surface area contributed by atoms with Crippen LogP contribution in [0.2, 0.25) is 5.02 Å². The van der Waals surface area contributed by atoms with Crippen LogP contribution in [-0.2, 0) is 13.0 Å². The second-order valence-corrected chi connectivity index (χ2v) is 10.9. The molecule has 176 valence electrons. The van der Waals surface area contributed by atoms with Crippen molar-refractivity contribution in [2.24, 2.45) is 0 Å². The molecule has 0 spiro atoms. The molecule has 0 radical (unpaired) electrons. The zero-order valence-corrected chi connectivity index (χ0v) is 21.2. The molecule has 1 aliphatic heterocycles. The van der Waals surface area contributed by atoms with Crippen LogP contribution < -0.4 is 5.56 Å². The van der Waals surface area contributed by atoms with Crippen LogP contribution in [0.3, 0.4) is 0 Å². The van der Waals surface area contributed by atoms with Crippen LogP contribution in [-0.4, -0.2) is 49.2 Å². The molecular formula is C25H20ClN5O2S2. The number of benzene rings is 2. The molecule has 0 bridgehead atoms. The molecule has 0 N–H and O–H groups in total. The van der Waals surface area contributed by atoms with Crippen molar-refractivity contribution in [2.45, 2.75) is 18.1 Å². The molecule has 35 heavy (non-hydrogen) atoms. The Morgan fingerprint density at radius 3 is 2.66 bits per heavy atom. The van der Waals surface area contributed by atoms with Crippen LogP contribution in [0, 0.1) is 0 Å². The van der Waals surface area contributed by atoms with Crippen molar-refractivity contribution in [2.75, 3.05) is 19.3 Å². The maximum absolute atomic E-state index is 13.8. The van der Waals surface area contributed by atoms with Gasteiger partial charge in [-0.15, -0.1) is 21.5 Å². The predicted octanol–water partition coefficient (Wildman–Crippen LogP) is 4.71. The third-order valence-corrected chi connectivity index (χ3v) is 8.56. The molecule has 0 amide bonds. The summed E-state index contributed by atoms with van der Waals surface area (Å²) in [4.78, 5) is 31.0. The van der Waals surface area contributed by atoms with E-state index in [1.807, 2.05) is 34.7 Å². The van der Waals surface area contributed by atoms with Crippen molar-refractivity contribution >= 4 is 56.5 Å². The molecule has 10 heteroatoms. The van der Waals surface area contributed by atoms with Gasteiger partial charge in [-0.25, -0.2) is 8.97 Å². The van der Waals surface area contributed by atoms with Gasteiger partial charge in [-0.05, 0) is 55.4 Å². The van der Waals surface area contributed by atoms with E-state index >= 15 is 0 Å². The van der Waals surface area contributed by atoms with Gasteiger partial charge in [0.15, 0.2) is 10.9 Å². The molecule has 7 nitrogen and oxygen atoms in total. The van der Waals surface area contributed by atoms with Gasteiger partial charge in [0.2, 0.25) is 5.78 Å². The van der Waals surface area contributed by atoms with E-state index in [0.717, 1.165) is 41.0 Å². The number of likely N-dealkylation sites (N-methyl/N-ethyl adjacent to an activating group) is 1. The van der Waals surface area contributed by atoms with Crippen molar-refractivity contribution in [3.05, 3.63) is 86.0 Å². The maximum Gasteiger partial charge on any atom is 0.268 e. The summed E-state index contributed by atoms with van der Waals surface area (Å²) in [6, 6.07) is 16.4. The monoisotopic (exact) mass is 521 g/mol. The summed E-state index contributed by atoms with van der Waals surface area (Å²) in [5.74, 6) is 0.618. The molecule has 2 aromatic carbocycles. The number of thiophene rings is 1. The van der Waals surface area contributed by atoms with Crippen LogP contribution >= 0.6 is 34.7 Å². The number of halogens is 1. The average Bonchev–Trinajstić information content (AvgIpc) is 3.45. The first-order chi connectivity index (χ1) is 17.0. The number of rotatable bonds is 5. The quantitative estimate of drug-likeness (QED) is 0.246. The Kier molecular flexibility index (Phi) is 5.72. The summed E-state index contributed by atoms with van der Waals surface area (Å²) in [7, 11) is 2.09. The SMILES string of the molecule is CN1CCc2c(sc3c2c(=O)n(-c2ccccc2)c2nnc(SCC(=O)c4ccc(Cl)cc4)n32)C1. The highest BCUT2D eigenvalue weighted by molar-refractivity contribution is 7.99. The lowest BCUT2D eigenvalue weighted by molar-refractivity contribution is 0.102. The van der Waals surface area contributed by atoms with Crippen LogP contribution in [0.4, 0.5) is 0 Å². The summed E-state index contributed by atoms with van der Waals surface area (Å²) < 4.78 is 3.57. The van der Waals surface area contributed by atoms with Gasteiger partial charge in [0.1, 0.15) is 4.83 Å². The van der Waals surface area contributed by atoms with E-state index in [1.54, 1.807) is 40.2 Å². The van der Waals surface area contributed by atoms with Gasteiger partial charge in [0.05, 0.1) is 16.8 Å². The van der Waals surface area contributed by atoms with Gasteiger partial charge in [0.25, 0.3) is 5.56 Å². The molecule has 0 fully saturated rings. The maximum atomic E-state index is 13.8. The number of ketones is 1. The third kappa shape index (κ3) is 3.88. The molecule has 0 aliphatic carbocycles. The standard InChI is InChI=1S/C25H20ClN5O2S2/c1-29-12-11-18-20(13-29)35-23-21(18)22(33)30(17-5-3-2-4-6-17)24-27-28-25(31(23)24)34-14-19(32)15-7-9-16(26)10-8-15/h2-10H,11-14H2,1H3. The molecule has 0 saturated carbocycles. The van der Waals surface area contributed by atoms with Gasteiger partial charge in [-0.1, -0.05) is 41.6 Å². The molecule has 5 aromatic rings. The highest BCUT2D eigenvalue weighted by Gasteiger charge is 2.27. The molecule has 0 saturated heterocycles. The predicted molar refractivity (Wildman–Crippen MR) is 141 cm³/mol. The Morgan fingerprint density at radius 1 is 1.11 bits per heavy atom. The number of Topliss-reactive ketones (excluding diaryl/α,β-unsaturated/α-hetero) is 1. The van der Waals surface area contributed by atoms with Crippen LogP contribution in [0.25, 0.3) is 21.7 Å². The zero-order chi connectivity index (χ0) is 24.1. The minimum Gasteiger partial charge on any atom is -0.301 e. The number of fused-ring (bicyclic) bond motifs is 5. The number of hydrogen-bond donors (Lipinski definition) is 0. The number of thioether (sulfide) groups is 1. The number of aromatic nitrogens is 4. The zero-order valence-electron chi connectivity index (χ0n) is 18.8. The lowest BCUT2D eigenvalue weighted by atomic mass is 10.1. The summed E-state index contributed by atoms with van der Waals surface area (Å²) in [6.07, 6.45) is 0.820. The van der Waals surface area contributed by atoms with Crippen molar-refractivity contribution < 1.29 is 4.79 Å². The van der Waals surface area contributed by atoms with Gasteiger partial charge >= 0.3 is 0 Å². The van der Waals surface area contributed by atoms with E-state index in [0.29, 0.717) is 21.5 Å². The van der Waals surface area contributed by atoms with Crippen molar-refractivity contribution in [3.63, 3.8) is 0 Å². The number of hydrogen-bond acceptors (Lipinski definition) is 7. The summed E-state index contributed by atoms with van der Waals surface area (Å²) in [6.45, 7) is 1.71. The first-order valence-corrected chi connectivity index (χ1v) is 13.3. The van der Waals surface area contributed by atoms with E-state index in [2.05, 4.69) is 22.1 Å². The van der Waals surface area contributed by atoms with Crippen LogP contribution in [0.5, 0.6) is 0 Å². The molecule has 0 atom stereocenters. The fraction of sp³-hybridized carbons (Fsp3) is 0.200. The van der Waals surface area contributed by atoms with Crippen LogP contribution in [0.1, 0.15) is 20.8 Å². The normalized spacial score (nSPS) is 14.0. The van der Waals surface area contributed by atoms with Gasteiger partial charge in [-0.3, -0.25) is 9.59 Å². The van der Waals surface area contributed by atoms with E-state index < -0.39 is 0 Å². The molecular weight excluding hydrogens is 502 g/mol. The number of para-hydroxylation sites is 1. The highest BCUT2D eigenvalue weighted by Crippen LogP contribution is 2.35. The lowest BCUT2D eigenvalue weighted by Gasteiger charge is -2.21. The Bertz CT molecular complexity index is 1640. The fourth-order valence-corrected chi connectivity index (χ4v) is 6.86. The van der Waals surface area contributed by atoms with E-state index in [4.69, 9.17) is 11.6 Å². The van der Waals surface area contributed by atoms with Crippen molar-refractivity contribution in [1.29, 1.82) is 0 Å². The molecule has 0 unspecified atom stereocenters. The number of carbonyl (C=O) groups is 1. The molecule has 6 rings (SSSR count). The summed E-state index contributed by atoms with van der Waals surface area (Å²) in [5.41, 5.74) is 2.36. The fourth-order valence-electron chi connectivity index (χ4n) is 4.43. The van der Waals surface area contributed by atoms with Gasteiger partial charge in [0, 0.05) is 28.6 Å². The minimum absolute atomic E-state index is 0.0249. The number of nitrogens with zero attached hydrogens (tertiary/aromatic N) is 5. The second kappa shape index (κ2) is 8.91. The largest absolute Gasteiger partial charge is 0.301 e. The third-order valence-electron chi connectivity index (χ3n) is 6.18. The molecule has 4 heterocycles. The Morgan fingerprint density at radius 2 is 1.89 bits per heavy atom. The second-order valence-electron chi connectivity index (χ2n) is 8.48. The van der Waals surface area contributed by atoms with Crippen molar-refractivity contribution in [3.8, 4) is 5.69 Å².